The van der Waals surface area contributed by atoms with E-state index in [0.717, 1.165) is 30.4 Å². The molecule has 0 aliphatic rings. The van der Waals surface area contributed by atoms with Gasteiger partial charge in [0.1, 0.15) is 38.6 Å². The Morgan fingerprint density at radius 2 is 0.625 bits per heavy atom. The van der Waals surface area contributed by atoms with Crippen LogP contribution in [-0.2, 0) is 30.9 Å². The van der Waals surface area contributed by atoms with Gasteiger partial charge in [-0.25, -0.2) is 16.8 Å². The number of hydrogen-bond acceptors (Lipinski definition) is 9. The zero-order valence-corrected chi connectivity index (χ0v) is 33.1. The van der Waals surface area contributed by atoms with Gasteiger partial charge in [0.15, 0.2) is 0 Å². The number of carbonyl (C=O) groups is 1. The highest BCUT2D eigenvalue weighted by Crippen LogP contribution is 2.24. The van der Waals surface area contributed by atoms with E-state index in [1.807, 2.05) is 24.3 Å². The van der Waals surface area contributed by atoms with Gasteiger partial charge in [-0.1, -0.05) is 96.5 Å². The lowest BCUT2D eigenvalue weighted by molar-refractivity contribution is -0.115. The molecule has 4 aromatic rings. The number of benzene rings is 4. The van der Waals surface area contributed by atoms with Crippen molar-refractivity contribution in [2.45, 2.75) is 102 Å². The van der Waals surface area contributed by atoms with Crippen LogP contribution in [0.2, 0.25) is 0 Å². The van der Waals surface area contributed by atoms with Crippen molar-refractivity contribution in [3.8, 4) is 23.0 Å². The predicted molar refractivity (Wildman–Crippen MR) is 243 cm³/mol. The second-order valence-corrected chi connectivity index (χ2v) is 17.0. The van der Waals surface area contributed by atoms with E-state index >= 15 is 0 Å². The van der Waals surface area contributed by atoms with E-state index in [1.54, 1.807) is 38.5 Å². The molecule has 0 aliphatic carbocycles. The Morgan fingerprint density at radius 3 is 0.786 bits per heavy atom. The molecule has 4 aromatic carbocycles. The van der Waals surface area contributed by atoms with Gasteiger partial charge < -0.3 is 23.7 Å². The Balaban J connectivity index is -0.000000119. The fourth-order valence-electron chi connectivity index (χ4n) is 3.37. The molecule has 0 heterocycles. The summed E-state index contributed by atoms with van der Waals surface area (Å²) in [4.78, 5) is 9.91. The lowest BCUT2D eigenvalue weighted by Gasteiger charge is -2.06. The predicted octanol–water partition coefficient (Wildman–Crippen LogP) is 12.0. The molecule has 0 spiro atoms. The Morgan fingerprint density at radius 1 is 0.464 bits per heavy atom. The highest BCUT2D eigenvalue weighted by atomic mass is 32.2. The minimum absolute atomic E-state index is 0. The molecule has 0 N–H and O–H groups in total. The number of rotatable bonds is 8. The molecular formula is C45H78O9S2. The number of ketones is 1. The molecule has 0 radical (unpaired) electrons. The summed E-state index contributed by atoms with van der Waals surface area (Å²) in [6.07, 6.45) is 3.24. The number of ether oxygens (including phenoxy) is 4. The van der Waals surface area contributed by atoms with E-state index in [2.05, 4.69) is 52.0 Å². The van der Waals surface area contributed by atoms with Crippen LogP contribution < -0.4 is 18.9 Å². The maximum absolute atomic E-state index is 12.4. The summed E-state index contributed by atoms with van der Waals surface area (Å²) in [5, 5.41) is 0. The highest BCUT2D eigenvalue weighted by molar-refractivity contribution is 7.91. The summed E-state index contributed by atoms with van der Waals surface area (Å²) in [7, 11) is 0.261. The average Bonchev–Trinajstić information content (AvgIpc) is 3.04. The summed E-state index contributed by atoms with van der Waals surface area (Å²) in [5.74, 6) is 3.19. The molecule has 0 fully saturated rings. The molecule has 0 saturated carbocycles. The van der Waals surface area contributed by atoms with Gasteiger partial charge in [-0.05, 0) is 110 Å². The summed E-state index contributed by atoms with van der Waals surface area (Å²) in [5.41, 5.74) is 3.05. The van der Waals surface area contributed by atoms with Crippen molar-refractivity contribution in [3.05, 3.63) is 108 Å². The maximum Gasteiger partial charge on any atom is 0.206 e. The quantitative estimate of drug-likeness (QED) is 0.171. The SMILES string of the molecule is C.C.C.C.C.C.CC(C)(C)C.CC(C)=O.COc1ccc(Cc2ccc(OC)cc2)cc1.COc1ccc(S(=O)(=O)c2ccc(OC)cc2)cc1.CS(C)(=O)=O. The molecule has 0 saturated heterocycles. The molecule has 9 nitrogen and oxygen atoms in total. The molecule has 0 atom stereocenters. The standard InChI is InChI=1S/C15H16O2.C14H14O4S.C5H12.C3H6O.C2H6O2S.6CH4/c1-16-14-7-3-12(4-8-14)11-13-5-9-15(17-2)10-6-13;1-17-11-3-7-13(8-4-11)19(15,16)14-9-5-12(18-2)6-10-14;1-5(2,3)4;1-3(2)4;1-5(2,3)4;;;;;;/h3-10H,11H2,1-2H3;3-10H,1-2H3;1-4H3;1-2H3;1-2H3;6*1H4. The van der Waals surface area contributed by atoms with Crippen LogP contribution >= 0.6 is 0 Å². The molecule has 11 heteroatoms. The Hall–Kier alpha value is -4.35. The minimum Gasteiger partial charge on any atom is -0.497 e. The van der Waals surface area contributed by atoms with Crippen molar-refractivity contribution >= 4 is 25.5 Å². The van der Waals surface area contributed by atoms with Crippen LogP contribution in [0.4, 0.5) is 0 Å². The third kappa shape index (κ3) is 33.0. The van der Waals surface area contributed by atoms with Gasteiger partial charge in [-0.15, -0.1) is 0 Å². The molecule has 0 aromatic heterocycles. The van der Waals surface area contributed by atoms with Crippen molar-refractivity contribution in [2.24, 2.45) is 5.41 Å². The largest absolute Gasteiger partial charge is 0.497 e. The van der Waals surface area contributed by atoms with Crippen molar-refractivity contribution in [3.63, 3.8) is 0 Å². The summed E-state index contributed by atoms with van der Waals surface area (Å²) in [6, 6.07) is 28.9. The fourth-order valence-corrected chi connectivity index (χ4v) is 4.63. The summed E-state index contributed by atoms with van der Waals surface area (Å²) >= 11 is 0. The molecule has 0 aliphatic heterocycles. The van der Waals surface area contributed by atoms with Gasteiger partial charge in [0.05, 0.1) is 38.2 Å². The molecule has 0 unspecified atom stereocenters. The van der Waals surface area contributed by atoms with Crippen LogP contribution in [0.25, 0.3) is 0 Å². The molecular weight excluding hydrogens is 749 g/mol. The van der Waals surface area contributed by atoms with Crippen LogP contribution in [0.15, 0.2) is 107 Å². The van der Waals surface area contributed by atoms with E-state index in [1.165, 1.54) is 63.5 Å². The van der Waals surface area contributed by atoms with E-state index in [4.69, 9.17) is 18.9 Å². The van der Waals surface area contributed by atoms with Gasteiger partial charge in [-0.2, -0.15) is 0 Å². The van der Waals surface area contributed by atoms with E-state index in [-0.39, 0.29) is 60.1 Å². The van der Waals surface area contributed by atoms with Crippen LogP contribution in [0.5, 0.6) is 23.0 Å². The highest BCUT2D eigenvalue weighted by Gasteiger charge is 2.17. The first-order valence-corrected chi connectivity index (χ1v) is 19.3. The number of carbonyl (C=O) groups excluding carboxylic acids is 1. The first-order valence-electron chi connectivity index (χ1n) is 15.5. The average molecular weight is 827 g/mol. The monoisotopic (exact) mass is 827 g/mol. The first kappa shape index (κ1) is 66.5. The summed E-state index contributed by atoms with van der Waals surface area (Å²) in [6.45, 7) is 11.8. The smallest absolute Gasteiger partial charge is 0.206 e. The van der Waals surface area contributed by atoms with Crippen molar-refractivity contribution in [2.75, 3.05) is 41.0 Å². The van der Waals surface area contributed by atoms with Gasteiger partial charge in [0.25, 0.3) is 0 Å². The number of hydrogen-bond donors (Lipinski definition) is 0. The first-order chi connectivity index (χ1) is 23.1. The zero-order chi connectivity index (χ0) is 38.5. The second-order valence-electron chi connectivity index (χ2n) is 12.8. The number of sulfone groups is 2. The van der Waals surface area contributed by atoms with Gasteiger partial charge >= 0.3 is 0 Å². The topological polar surface area (TPSA) is 122 Å². The van der Waals surface area contributed by atoms with Crippen LogP contribution in [0.3, 0.4) is 0 Å². The van der Waals surface area contributed by atoms with Crippen LogP contribution in [0, 0.1) is 5.41 Å². The van der Waals surface area contributed by atoms with E-state index < -0.39 is 19.7 Å². The summed E-state index contributed by atoms with van der Waals surface area (Å²) < 4.78 is 64.2. The van der Waals surface area contributed by atoms with Crippen molar-refractivity contribution in [1.29, 1.82) is 0 Å². The maximum atomic E-state index is 12.4. The van der Waals surface area contributed by atoms with Crippen molar-refractivity contribution in [1.82, 2.24) is 0 Å². The molecule has 56 heavy (non-hydrogen) atoms. The molecule has 324 valence electrons. The Bertz CT molecular complexity index is 1630. The Labute approximate surface area is 344 Å². The van der Waals surface area contributed by atoms with Gasteiger partial charge in [0, 0.05) is 12.5 Å². The lowest BCUT2D eigenvalue weighted by Crippen LogP contribution is -2.01. The van der Waals surface area contributed by atoms with Gasteiger partial charge in [0.2, 0.25) is 9.84 Å². The fraction of sp³-hybridized carbons (Fsp3) is 0.444. The zero-order valence-electron chi connectivity index (χ0n) is 31.4. The molecule has 0 bridgehead atoms. The minimum atomic E-state index is -3.50. The van der Waals surface area contributed by atoms with Crippen LogP contribution in [-0.4, -0.2) is 63.6 Å². The molecule has 4 rings (SSSR count). The molecule has 0 amide bonds. The second kappa shape index (κ2) is 32.9. The normalized spacial score (nSPS) is 9.36. The third-order valence-electron chi connectivity index (χ3n) is 5.47. The van der Waals surface area contributed by atoms with Crippen molar-refractivity contribution < 1.29 is 40.6 Å². The Kier molecular flexibility index (Phi) is 39.0. The third-order valence-corrected chi connectivity index (χ3v) is 7.25. The number of methoxy groups -OCH3 is 4. The van der Waals surface area contributed by atoms with Gasteiger partial charge in [-0.3, -0.25) is 0 Å². The lowest BCUT2D eigenvalue weighted by atomic mass is 10.0. The van der Waals surface area contributed by atoms with E-state index in [9.17, 15) is 21.6 Å². The van der Waals surface area contributed by atoms with Crippen LogP contribution in [0.1, 0.15) is 97.2 Å². The van der Waals surface area contributed by atoms with E-state index in [0.29, 0.717) is 16.9 Å². The number of Topliss-reactive ketones (excluding diaryl/α,β-unsaturated/α-hetero) is 1.